The topological polar surface area (TPSA) is 107 Å². The number of esters is 2. The van der Waals surface area contributed by atoms with Crippen LogP contribution in [0.15, 0.2) is 0 Å². The van der Waals surface area contributed by atoms with Crippen molar-refractivity contribution in [3.8, 4) is 0 Å². The molecule has 0 aliphatic heterocycles. The van der Waals surface area contributed by atoms with Gasteiger partial charge in [-0.3, -0.25) is 14.1 Å². The Morgan fingerprint density at radius 1 is 0.788 bits per heavy atom. The number of carbonyl (C=O) groups excluding carboxylic acids is 2. The molecule has 0 saturated carbocycles. The van der Waals surface area contributed by atoms with E-state index >= 15 is 0 Å². The summed E-state index contributed by atoms with van der Waals surface area (Å²) in [5.41, 5.74) is 0. The van der Waals surface area contributed by atoms with Crippen LogP contribution in [0.5, 0.6) is 0 Å². The standard InChI is InChI=1S/C12H10F12O7S.Na.H/c13-7(11(19,20)21)9(15,16)2-30-5(25)1-4(32(27,28)29)6(26)31-3-10(17,18)8(14)12(22,23)24;;/h4,7-8H,1-3H2,(H,27,28,29);;/q;+1;-1. The predicted molar refractivity (Wildman–Crippen MR) is 74.8 cm³/mol. The molecule has 3 unspecified atom stereocenters. The van der Waals surface area contributed by atoms with Gasteiger partial charge in [0, 0.05) is 0 Å². The van der Waals surface area contributed by atoms with Crippen LogP contribution in [-0.4, -0.2) is 79.9 Å². The Bertz CT molecular complexity index is 789. The van der Waals surface area contributed by atoms with Gasteiger partial charge in [0.2, 0.25) is 0 Å². The SMILES string of the molecule is O=C(CC(C(=O)OCC(F)(F)C(F)C(F)(F)F)S(=O)(=O)O)OCC(F)(F)C(F)C(F)(F)F.[H-].[Na+]. The van der Waals surface area contributed by atoms with Crippen molar-refractivity contribution in [1.82, 2.24) is 0 Å². The molecular formula is C12H11F12NaO7S. The summed E-state index contributed by atoms with van der Waals surface area (Å²) >= 11 is 0. The van der Waals surface area contributed by atoms with Crippen LogP contribution >= 0.6 is 0 Å². The first-order chi connectivity index (χ1) is 13.9. The first kappa shape index (κ1) is 34.2. The number of rotatable bonds is 10. The molecule has 0 aromatic carbocycles. The van der Waals surface area contributed by atoms with Gasteiger partial charge >= 0.3 is 65.7 Å². The third kappa shape index (κ3) is 10.9. The summed E-state index contributed by atoms with van der Waals surface area (Å²) in [5.74, 6) is -15.8. The number of alkyl halides is 12. The number of halogens is 12. The molecule has 0 spiro atoms. The van der Waals surface area contributed by atoms with Gasteiger partial charge in [0.1, 0.15) is 0 Å². The van der Waals surface area contributed by atoms with Crippen LogP contribution in [0.2, 0.25) is 0 Å². The van der Waals surface area contributed by atoms with Crippen LogP contribution in [0, 0.1) is 0 Å². The van der Waals surface area contributed by atoms with Crippen LogP contribution in [0.4, 0.5) is 52.7 Å². The normalized spacial score (nSPS) is 16.3. The van der Waals surface area contributed by atoms with Crippen molar-refractivity contribution in [3.63, 3.8) is 0 Å². The molecular weight excluding hydrogens is 539 g/mol. The van der Waals surface area contributed by atoms with Crippen LogP contribution in [0.25, 0.3) is 0 Å². The van der Waals surface area contributed by atoms with Crippen LogP contribution in [-0.2, 0) is 29.2 Å². The molecule has 192 valence electrons. The third-order valence-corrected chi connectivity index (χ3v) is 4.20. The molecule has 0 fully saturated rings. The van der Waals surface area contributed by atoms with Gasteiger partial charge in [-0.2, -0.15) is 52.3 Å². The molecule has 0 heterocycles. The van der Waals surface area contributed by atoms with Crippen molar-refractivity contribution in [1.29, 1.82) is 0 Å². The van der Waals surface area contributed by atoms with E-state index < -0.39 is 83.5 Å². The minimum absolute atomic E-state index is 0. The van der Waals surface area contributed by atoms with E-state index in [-0.39, 0.29) is 31.0 Å². The Morgan fingerprint density at radius 3 is 1.42 bits per heavy atom. The zero-order valence-electron chi connectivity index (χ0n) is 16.7. The fourth-order valence-electron chi connectivity index (χ4n) is 1.58. The fraction of sp³-hybridized carbons (Fsp3) is 0.833. The summed E-state index contributed by atoms with van der Waals surface area (Å²) in [6.07, 6.45) is -24.1. The Morgan fingerprint density at radius 2 is 1.12 bits per heavy atom. The van der Waals surface area contributed by atoms with Gasteiger partial charge in [0.25, 0.3) is 22.5 Å². The summed E-state index contributed by atoms with van der Waals surface area (Å²) in [4.78, 5) is 22.7. The Hall–Kier alpha value is -0.990. The average molecular weight is 550 g/mol. The van der Waals surface area contributed by atoms with E-state index in [2.05, 4.69) is 9.47 Å². The zero-order valence-corrected chi connectivity index (χ0v) is 18.5. The van der Waals surface area contributed by atoms with E-state index in [1.54, 1.807) is 0 Å². The van der Waals surface area contributed by atoms with Crippen LogP contribution in [0.1, 0.15) is 7.85 Å². The molecule has 1 N–H and O–H groups in total. The van der Waals surface area contributed by atoms with Crippen molar-refractivity contribution < 1.29 is 116 Å². The van der Waals surface area contributed by atoms with Crippen LogP contribution in [0.3, 0.4) is 0 Å². The van der Waals surface area contributed by atoms with E-state index in [1.165, 1.54) is 0 Å². The maximum Gasteiger partial charge on any atom is 1.00 e. The molecule has 7 nitrogen and oxygen atoms in total. The molecule has 0 aromatic heterocycles. The van der Waals surface area contributed by atoms with Crippen molar-refractivity contribution in [3.05, 3.63) is 0 Å². The quantitative estimate of drug-likeness (QED) is 0.176. The van der Waals surface area contributed by atoms with Crippen molar-refractivity contribution in [2.45, 2.75) is 48.2 Å². The minimum Gasteiger partial charge on any atom is -1.00 e. The maximum absolute atomic E-state index is 13.0. The molecule has 0 rings (SSSR count). The average Bonchev–Trinajstić information content (AvgIpc) is 2.58. The minimum atomic E-state index is -6.15. The van der Waals surface area contributed by atoms with Crippen molar-refractivity contribution in [2.75, 3.05) is 13.2 Å². The van der Waals surface area contributed by atoms with Crippen molar-refractivity contribution >= 4 is 22.1 Å². The van der Waals surface area contributed by atoms with Gasteiger partial charge < -0.3 is 10.9 Å². The summed E-state index contributed by atoms with van der Waals surface area (Å²) in [7, 11) is -5.85. The molecule has 0 aliphatic carbocycles. The second kappa shape index (κ2) is 11.6. The van der Waals surface area contributed by atoms with E-state index in [1.807, 2.05) is 0 Å². The maximum atomic E-state index is 13.0. The molecule has 0 amide bonds. The molecule has 21 heteroatoms. The van der Waals surface area contributed by atoms with E-state index in [4.69, 9.17) is 4.55 Å². The van der Waals surface area contributed by atoms with E-state index in [0.717, 1.165) is 0 Å². The third-order valence-electron chi connectivity index (χ3n) is 3.12. The van der Waals surface area contributed by atoms with Gasteiger partial charge in [-0.15, -0.1) is 0 Å². The molecule has 0 aromatic rings. The molecule has 33 heavy (non-hydrogen) atoms. The number of ether oxygens (including phenoxy) is 2. The Kier molecular flexibility index (Phi) is 12.0. The second-order valence-electron chi connectivity index (χ2n) is 5.81. The largest absolute Gasteiger partial charge is 1.00 e. The first-order valence-electron chi connectivity index (χ1n) is 7.38. The molecule has 0 radical (unpaired) electrons. The Labute approximate surface area is 199 Å². The predicted octanol–water partition coefficient (Wildman–Crippen LogP) is -0.0928. The van der Waals surface area contributed by atoms with Gasteiger partial charge in [0.05, 0.1) is 6.42 Å². The fourth-order valence-corrected chi connectivity index (χ4v) is 2.24. The van der Waals surface area contributed by atoms with Gasteiger partial charge in [-0.25, -0.2) is 8.78 Å². The van der Waals surface area contributed by atoms with Gasteiger partial charge in [-0.1, -0.05) is 0 Å². The van der Waals surface area contributed by atoms with Gasteiger partial charge in [-0.05, 0) is 0 Å². The van der Waals surface area contributed by atoms with Crippen molar-refractivity contribution in [2.24, 2.45) is 0 Å². The molecule has 3 atom stereocenters. The first-order valence-corrected chi connectivity index (χ1v) is 8.89. The molecule has 0 saturated heterocycles. The molecule has 0 aliphatic rings. The Balaban J connectivity index is -0.00000480. The zero-order chi connectivity index (χ0) is 25.9. The molecule has 0 bridgehead atoms. The smallest absolute Gasteiger partial charge is 1.00 e. The van der Waals surface area contributed by atoms with Crippen LogP contribution < -0.4 is 29.6 Å². The monoisotopic (exact) mass is 550 g/mol. The number of hydrogen-bond acceptors (Lipinski definition) is 6. The van der Waals surface area contributed by atoms with Gasteiger partial charge in [0.15, 0.2) is 18.5 Å². The number of hydrogen-bond donors (Lipinski definition) is 1. The summed E-state index contributed by atoms with van der Waals surface area (Å²) in [5, 5.41) is -3.31. The summed E-state index contributed by atoms with van der Waals surface area (Å²) in [6.45, 7) is -5.42. The summed E-state index contributed by atoms with van der Waals surface area (Å²) < 4.78 is 187. The second-order valence-corrected chi connectivity index (χ2v) is 7.41. The van der Waals surface area contributed by atoms with E-state index in [9.17, 15) is 70.7 Å². The van der Waals surface area contributed by atoms with E-state index in [0.29, 0.717) is 0 Å². The summed E-state index contributed by atoms with van der Waals surface area (Å²) in [6, 6.07) is 0. The number of carbonyl (C=O) groups is 2.